The van der Waals surface area contributed by atoms with E-state index in [1.165, 1.54) is 0 Å². The number of benzene rings is 1. The first-order valence-electron chi connectivity index (χ1n) is 10.8. The van der Waals surface area contributed by atoms with Gasteiger partial charge in [0.2, 0.25) is 0 Å². The van der Waals surface area contributed by atoms with E-state index in [9.17, 15) is 9.59 Å². The number of piperidine rings is 1. The highest BCUT2D eigenvalue weighted by molar-refractivity contribution is 6.36. The van der Waals surface area contributed by atoms with Crippen LogP contribution in [0.3, 0.4) is 0 Å². The number of aromatic nitrogens is 1. The molecule has 1 N–H and O–H groups in total. The molecule has 3 atom stereocenters. The number of halogens is 2. The number of nitrogens with one attached hydrogen (secondary N) is 1. The maximum atomic E-state index is 12.7. The fraction of sp³-hybridized carbons (Fsp3) is 0.458. The van der Waals surface area contributed by atoms with Gasteiger partial charge >= 0.3 is 6.09 Å². The Morgan fingerprint density at radius 1 is 1.19 bits per heavy atom. The molecule has 1 saturated heterocycles. The highest BCUT2D eigenvalue weighted by Crippen LogP contribution is 2.58. The third kappa shape index (κ3) is 5.02. The number of hydrogen-bond donors (Lipinski definition) is 1. The van der Waals surface area contributed by atoms with Crippen LogP contribution in [-0.4, -0.2) is 47.1 Å². The number of carbonyl (C=O) groups excluding carboxylic acids is 2. The van der Waals surface area contributed by atoms with Crippen molar-refractivity contribution in [3.8, 4) is 0 Å². The summed E-state index contributed by atoms with van der Waals surface area (Å²) in [7, 11) is 0. The Morgan fingerprint density at radius 3 is 2.50 bits per heavy atom. The first-order chi connectivity index (χ1) is 15.1. The largest absolute Gasteiger partial charge is 0.444 e. The van der Waals surface area contributed by atoms with Crippen LogP contribution in [0, 0.1) is 17.8 Å². The molecule has 3 unspecified atom stereocenters. The number of pyridine rings is 1. The average molecular weight is 476 g/mol. The summed E-state index contributed by atoms with van der Waals surface area (Å²) >= 11 is 12.1. The molecule has 4 rings (SSSR count). The zero-order valence-corrected chi connectivity index (χ0v) is 19.9. The van der Waals surface area contributed by atoms with E-state index in [0.29, 0.717) is 53.0 Å². The van der Waals surface area contributed by atoms with Crippen LogP contribution in [0.5, 0.6) is 0 Å². The van der Waals surface area contributed by atoms with Crippen molar-refractivity contribution in [3.05, 3.63) is 63.9 Å². The lowest BCUT2D eigenvalue weighted by atomic mass is 9.95. The first-order valence-corrected chi connectivity index (χ1v) is 11.5. The Kier molecular flexibility index (Phi) is 6.37. The quantitative estimate of drug-likeness (QED) is 0.658. The van der Waals surface area contributed by atoms with E-state index >= 15 is 0 Å². The van der Waals surface area contributed by atoms with Crippen molar-refractivity contribution < 1.29 is 14.3 Å². The highest BCUT2D eigenvalue weighted by Gasteiger charge is 2.60. The molecule has 0 radical (unpaired) electrons. The SMILES string of the molecule is CC(C)(C)OC(=O)N1CC2C(C1)C2C(CNC(=O)c1ccc(Cl)cc1Cl)c1ccccn1. The number of fused-ring (bicyclic) bond motifs is 1. The van der Waals surface area contributed by atoms with Crippen molar-refractivity contribution in [1.29, 1.82) is 0 Å². The average Bonchev–Trinajstić information content (AvgIpc) is 3.18. The molecule has 1 aromatic carbocycles. The van der Waals surface area contributed by atoms with Crippen molar-refractivity contribution in [3.63, 3.8) is 0 Å². The molecule has 0 bridgehead atoms. The van der Waals surface area contributed by atoms with E-state index in [1.54, 1.807) is 29.3 Å². The van der Waals surface area contributed by atoms with E-state index in [4.69, 9.17) is 27.9 Å². The fourth-order valence-corrected chi connectivity index (χ4v) is 5.14. The summed E-state index contributed by atoms with van der Waals surface area (Å²) in [6.07, 6.45) is 1.51. The molecule has 2 fully saturated rings. The van der Waals surface area contributed by atoms with Gasteiger partial charge in [0, 0.05) is 42.5 Å². The summed E-state index contributed by atoms with van der Waals surface area (Å²) in [5, 5.41) is 3.83. The Hall–Kier alpha value is -2.31. The van der Waals surface area contributed by atoms with Gasteiger partial charge in [-0.25, -0.2) is 4.79 Å². The van der Waals surface area contributed by atoms with E-state index in [1.807, 2.05) is 39.0 Å². The molecule has 2 heterocycles. The van der Waals surface area contributed by atoms with Crippen LogP contribution in [-0.2, 0) is 4.74 Å². The normalized spacial score (nSPS) is 22.8. The molecule has 1 aromatic heterocycles. The number of rotatable bonds is 5. The number of nitrogens with zero attached hydrogens (tertiary/aromatic N) is 2. The lowest BCUT2D eigenvalue weighted by Gasteiger charge is -2.27. The second-order valence-electron chi connectivity index (χ2n) is 9.49. The molecule has 2 aliphatic rings. The molecule has 8 heteroatoms. The van der Waals surface area contributed by atoms with Crippen LogP contribution in [0.1, 0.15) is 42.7 Å². The van der Waals surface area contributed by atoms with Gasteiger partial charge in [-0.3, -0.25) is 9.78 Å². The lowest BCUT2D eigenvalue weighted by molar-refractivity contribution is 0.0263. The van der Waals surface area contributed by atoms with Crippen molar-refractivity contribution in [2.75, 3.05) is 19.6 Å². The van der Waals surface area contributed by atoms with Crippen molar-refractivity contribution in [2.45, 2.75) is 32.3 Å². The number of carbonyl (C=O) groups is 2. The molecular formula is C24H27Cl2N3O3. The highest BCUT2D eigenvalue weighted by atomic mass is 35.5. The number of hydrogen-bond acceptors (Lipinski definition) is 4. The third-order valence-corrected chi connectivity index (χ3v) is 6.65. The second kappa shape index (κ2) is 8.91. The van der Waals surface area contributed by atoms with Crippen LogP contribution in [0.15, 0.2) is 42.6 Å². The third-order valence-electron chi connectivity index (χ3n) is 6.10. The summed E-state index contributed by atoms with van der Waals surface area (Å²) in [4.78, 5) is 31.5. The monoisotopic (exact) mass is 475 g/mol. The predicted molar refractivity (Wildman–Crippen MR) is 124 cm³/mol. The Labute approximate surface area is 198 Å². The van der Waals surface area contributed by atoms with Crippen LogP contribution < -0.4 is 5.32 Å². The fourth-order valence-electron chi connectivity index (χ4n) is 4.65. The summed E-state index contributed by atoms with van der Waals surface area (Å²) in [6.45, 7) is 7.40. The van der Waals surface area contributed by atoms with Crippen molar-refractivity contribution >= 4 is 35.2 Å². The Bertz CT molecular complexity index is 997. The number of ether oxygens (including phenoxy) is 1. The van der Waals surface area contributed by atoms with Gasteiger partial charge in [-0.2, -0.15) is 0 Å². The van der Waals surface area contributed by atoms with Gasteiger partial charge in [-0.1, -0.05) is 29.3 Å². The van der Waals surface area contributed by atoms with Gasteiger partial charge in [-0.15, -0.1) is 0 Å². The molecular weight excluding hydrogens is 449 g/mol. The first kappa shape index (κ1) is 22.9. The Balaban J connectivity index is 1.42. The van der Waals surface area contributed by atoms with Gasteiger partial charge in [0.1, 0.15) is 5.60 Å². The van der Waals surface area contributed by atoms with Gasteiger partial charge in [0.25, 0.3) is 5.91 Å². The molecule has 1 aliphatic heterocycles. The van der Waals surface area contributed by atoms with Gasteiger partial charge in [-0.05, 0) is 68.9 Å². The van der Waals surface area contributed by atoms with Crippen LogP contribution in [0.2, 0.25) is 10.0 Å². The number of amides is 2. The molecule has 2 aromatic rings. The topological polar surface area (TPSA) is 71.5 Å². The van der Waals surface area contributed by atoms with Crippen LogP contribution in [0.4, 0.5) is 4.79 Å². The molecule has 1 aliphatic carbocycles. The Morgan fingerprint density at radius 2 is 1.91 bits per heavy atom. The molecule has 6 nitrogen and oxygen atoms in total. The van der Waals surface area contributed by atoms with E-state index in [0.717, 1.165) is 5.69 Å². The molecule has 0 spiro atoms. The van der Waals surface area contributed by atoms with Crippen molar-refractivity contribution in [2.24, 2.45) is 17.8 Å². The minimum atomic E-state index is -0.507. The summed E-state index contributed by atoms with van der Waals surface area (Å²) in [5.74, 6) is 0.927. The van der Waals surface area contributed by atoms with E-state index in [-0.39, 0.29) is 17.9 Å². The smallest absolute Gasteiger partial charge is 0.410 e. The molecule has 170 valence electrons. The van der Waals surface area contributed by atoms with Gasteiger partial charge in [0.15, 0.2) is 0 Å². The van der Waals surface area contributed by atoms with Crippen LogP contribution in [0.25, 0.3) is 0 Å². The maximum Gasteiger partial charge on any atom is 0.410 e. The summed E-state index contributed by atoms with van der Waals surface area (Å²) in [6, 6.07) is 10.7. The lowest BCUT2D eigenvalue weighted by Crippen LogP contribution is -2.38. The molecule has 32 heavy (non-hydrogen) atoms. The van der Waals surface area contributed by atoms with Crippen molar-refractivity contribution in [1.82, 2.24) is 15.2 Å². The minimum absolute atomic E-state index is 0.0574. The zero-order valence-electron chi connectivity index (χ0n) is 18.3. The zero-order chi connectivity index (χ0) is 23.0. The summed E-state index contributed by atoms with van der Waals surface area (Å²) < 4.78 is 5.51. The van der Waals surface area contributed by atoms with E-state index < -0.39 is 5.60 Å². The minimum Gasteiger partial charge on any atom is -0.444 e. The van der Waals surface area contributed by atoms with Gasteiger partial charge in [0.05, 0.1) is 10.6 Å². The van der Waals surface area contributed by atoms with Gasteiger partial charge < -0.3 is 15.0 Å². The van der Waals surface area contributed by atoms with Crippen LogP contribution >= 0.6 is 23.2 Å². The standard InChI is InChI=1S/C24H27Cl2N3O3/c1-24(2,3)32-23(31)29-12-17-18(13-29)21(17)16(20-6-4-5-9-27-20)11-28-22(30)15-8-7-14(25)10-19(15)26/h4-10,16-18,21H,11-13H2,1-3H3,(H,28,30). The summed E-state index contributed by atoms with van der Waals surface area (Å²) in [5.41, 5.74) is 0.827. The van der Waals surface area contributed by atoms with E-state index in [2.05, 4.69) is 10.3 Å². The maximum absolute atomic E-state index is 12.7. The number of likely N-dealkylation sites (tertiary alicyclic amines) is 1. The molecule has 1 saturated carbocycles. The second-order valence-corrected chi connectivity index (χ2v) is 10.3. The molecule has 2 amide bonds. The predicted octanol–water partition coefficient (Wildman–Crippen LogP) is 5.01.